The van der Waals surface area contributed by atoms with E-state index in [4.69, 9.17) is 14.9 Å². The van der Waals surface area contributed by atoms with Crippen molar-refractivity contribution in [3.8, 4) is 17.4 Å². The van der Waals surface area contributed by atoms with E-state index in [1.807, 2.05) is 22.8 Å². The van der Waals surface area contributed by atoms with E-state index in [1.54, 1.807) is 29.6 Å². The highest BCUT2D eigenvalue weighted by atomic mass is 16.5. The van der Waals surface area contributed by atoms with Crippen molar-refractivity contribution in [1.29, 1.82) is 0 Å². The van der Waals surface area contributed by atoms with Gasteiger partial charge in [-0.1, -0.05) is 11.1 Å². The summed E-state index contributed by atoms with van der Waals surface area (Å²) in [5.41, 5.74) is 8.31. The second kappa shape index (κ2) is 8.13. The van der Waals surface area contributed by atoms with Crippen molar-refractivity contribution in [2.45, 2.75) is 32.7 Å². The minimum Gasteiger partial charge on any atom is -0.508 e. The monoisotopic (exact) mass is 396 g/mol. The van der Waals surface area contributed by atoms with E-state index >= 15 is 0 Å². The standard InChI is InChI=1S/C22H26N4O3/c1-3-25(4-2)10-6-11-26-14-24-22-20(21(26)23)19(17-7-5-12-28-17)16-9-8-15(27)13-18(16)29-22/h5,7-9,12-14,19,23,27H,3-4,6,10-11H2,1-2H3/p+2/t19-/m0/s1. The number of phenols is 1. The summed E-state index contributed by atoms with van der Waals surface area (Å²) in [5, 5.41) is 9.88. The van der Waals surface area contributed by atoms with Gasteiger partial charge in [-0.3, -0.25) is 0 Å². The molecule has 7 heteroatoms. The molecule has 152 valence electrons. The van der Waals surface area contributed by atoms with Gasteiger partial charge in [-0.25, -0.2) is 4.57 Å². The van der Waals surface area contributed by atoms with Crippen molar-refractivity contribution in [2.24, 2.45) is 0 Å². The van der Waals surface area contributed by atoms with Gasteiger partial charge in [0.2, 0.25) is 12.1 Å². The molecule has 1 aliphatic rings. The molecule has 0 aliphatic carbocycles. The van der Waals surface area contributed by atoms with Crippen LogP contribution in [0.5, 0.6) is 17.4 Å². The Morgan fingerprint density at radius 2 is 2.07 bits per heavy atom. The van der Waals surface area contributed by atoms with Crippen molar-refractivity contribution in [1.82, 2.24) is 4.98 Å². The number of rotatable bonds is 7. The summed E-state index contributed by atoms with van der Waals surface area (Å²) in [4.78, 5) is 6.11. The van der Waals surface area contributed by atoms with Gasteiger partial charge in [0, 0.05) is 18.1 Å². The fraction of sp³-hybridized carbons (Fsp3) is 0.364. The average molecular weight is 396 g/mol. The van der Waals surface area contributed by atoms with Crippen molar-refractivity contribution in [3.63, 3.8) is 0 Å². The SMILES string of the molecule is CC[NH+](CC)CCC[n+]1cnc2c(c1N)[C@H](c1ccco1)c1ccc(O)cc1O2. The third-order valence-electron chi connectivity index (χ3n) is 5.69. The second-order valence-corrected chi connectivity index (χ2v) is 7.38. The van der Waals surface area contributed by atoms with Crippen LogP contribution in [0.2, 0.25) is 0 Å². The minimum absolute atomic E-state index is 0.142. The smallest absolute Gasteiger partial charge is 0.306 e. The molecule has 29 heavy (non-hydrogen) atoms. The highest BCUT2D eigenvalue weighted by Crippen LogP contribution is 2.48. The van der Waals surface area contributed by atoms with E-state index in [0.29, 0.717) is 17.4 Å². The number of phenolic OH excluding ortho intramolecular Hbond substituents is 1. The first-order chi connectivity index (χ1) is 14.1. The van der Waals surface area contributed by atoms with Gasteiger partial charge in [0.1, 0.15) is 22.8 Å². The molecule has 0 saturated heterocycles. The zero-order chi connectivity index (χ0) is 20.4. The molecule has 7 nitrogen and oxygen atoms in total. The van der Waals surface area contributed by atoms with Gasteiger partial charge >= 0.3 is 5.88 Å². The molecule has 0 radical (unpaired) electrons. The Morgan fingerprint density at radius 3 is 2.79 bits per heavy atom. The number of quaternary nitrogens is 1. The summed E-state index contributed by atoms with van der Waals surface area (Å²) in [6.07, 6.45) is 4.40. The van der Waals surface area contributed by atoms with E-state index in [0.717, 1.165) is 49.5 Å². The third kappa shape index (κ3) is 3.65. The summed E-state index contributed by atoms with van der Waals surface area (Å²) in [7, 11) is 0. The van der Waals surface area contributed by atoms with Crippen LogP contribution >= 0.6 is 0 Å². The average Bonchev–Trinajstić information content (AvgIpc) is 3.25. The first-order valence-electron chi connectivity index (χ1n) is 10.2. The molecule has 0 fully saturated rings. The predicted molar refractivity (Wildman–Crippen MR) is 108 cm³/mol. The number of aromatic hydroxyl groups is 1. The Balaban J connectivity index is 1.71. The Hall–Kier alpha value is -3.06. The van der Waals surface area contributed by atoms with Gasteiger partial charge in [0.15, 0.2) is 0 Å². The lowest BCUT2D eigenvalue weighted by atomic mass is 9.87. The number of fused-ring (bicyclic) bond motifs is 2. The van der Waals surface area contributed by atoms with E-state index < -0.39 is 0 Å². The normalized spacial score (nSPS) is 15.1. The van der Waals surface area contributed by atoms with Crippen molar-refractivity contribution in [3.05, 3.63) is 59.8 Å². The van der Waals surface area contributed by atoms with Gasteiger partial charge < -0.3 is 24.9 Å². The highest BCUT2D eigenvalue weighted by molar-refractivity contribution is 5.60. The van der Waals surface area contributed by atoms with Crippen LogP contribution in [0.15, 0.2) is 47.3 Å². The Labute approximate surface area is 170 Å². The van der Waals surface area contributed by atoms with Crippen LogP contribution in [0.3, 0.4) is 0 Å². The second-order valence-electron chi connectivity index (χ2n) is 7.38. The number of nitrogen functional groups attached to an aromatic ring is 1. The summed E-state index contributed by atoms with van der Waals surface area (Å²) in [6.45, 7) is 8.55. The number of aromatic nitrogens is 2. The van der Waals surface area contributed by atoms with Crippen molar-refractivity contribution < 1.29 is 23.7 Å². The maximum atomic E-state index is 9.88. The molecule has 0 bridgehead atoms. The first kappa shape index (κ1) is 19.3. The minimum atomic E-state index is -0.238. The quantitative estimate of drug-likeness (QED) is 0.415. The number of nitrogens with two attached hydrogens (primary N) is 1. The Morgan fingerprint density at radius 1 is 1.24 bits per heavy atom. The first-order valence-corrected chi connectivity index (χ1v) is 10.2. The lowest BCUT2D eigenvalue weighted by Crippen LogP contribution is -3.11. The summed E-state index contributed by atoms with van der Waals surface area (Å²) in [6, 6.07) is 8.88. The van der Waals surface area contributed by atoms with Crippen LogP contribution in [0.25, 0.3) is 0 Å². The molecule has 1 atom stereocenters. The van der Waals surface area contributed by atoms with Crippen LogP contribution < -0.4 is 19.9 Å². The molecular formula is C22H28N4O3+2. The fourth-order valence-electron chi connectivity index (χ4n) is 4.01. The van der Waals surface area contributed by atoms with Crippen LogP contribution in [0.4, 0.5) is 5.82 Å². The van der Waals surface area contributed by atoms with Gasteiger partial charge in [-0.15, -0.1) is 0 Å². The number of ether oxygens (including phenoxy) is 1. The summed E-state index contributed by atoms with van der Waals surface area (Å²) < 4.78 is 13.7. The van der Waals surface area contributed by atoms with Crippen LogP contribution in [-0.2, 0) is 6.54 Å². The third-order valence-corrected chi connectivity index (χ3v) is 5.69. The predicted octanol–water partition coefficient (Wildman–Crippen LogP) is 1.85. The largest absolute Gasteiger partial charge is 0.508 e. The van der Waals surface area contributed by atoms with Gasteiger partial charge in [0.25, 0.3) is 0 Å². The number of furan rings is 1. The van der Waals surface area contributed by atoms with Crippen LogP contribution in [-0.4, -0.2) is 29.7 Å². The van der Waals surface area contributed by atoms with Crippen molar-refractivity contribution >= 4 is 5.82 Å². The number of hydrogen-bond donors (Lipinski definition) is 3. The molecule has 0 amide bonds. The lowest BCUT2D eigenvalue weighted by Gasteiger charge is -2.25. The molecule has 0 spiro atoms. The molecule has 0 unspecified atom stereocenters. The Bertz CT molecular complexity index is 984. The number of anilines is 1. The molecular weight excluding hydrogens is 368 g/mol. The Kier molecular flexibility index (Phi) is 5.40. The fourth-order valence-corrected chi connectivity index (χ4v) is 4.01. The molecule has 3 aromatic rings. The number of nitrogens with zero attached hydrogens (tertiary/aromatic N) is 2. The van der Waals surface area contributed by atoms with E-state index in [-0.39, 0.29) is 11.7 Å². The molecule has 4 N–H and O–H groups in total. The number of hydrogen-bond acceptors (Lipinski definition) is 5. The maximum Gasteiger partial charge on any atom is 0.306 e. The molecule has 1 aromatic carbocycles. The topological polar surface area (TPSA) is 89.8 Å². The molecule has 2 aromatic heterocycles. The van der Waals surface area contributed by atoms with Crippen LogP contribution in [0, 0.1) is 0 Å². The zero-order valence-corrected chi connectivity index (χ0v) is 16.9. The van der Waals surface area contributed by atoms with Gasteiger partial charge in [-0.05, 0) is 32.0 Å². The number of aryl methyl sites for hydroxylation is 1. The van der Waals surface area contributed by atoms with Gasteiger partial charge in [-0.2, -0.15) is 0 Å². The summed E-state index contributed by atoms with van der Waals surface area (Å²) >= 11 is 0. The van der Waals surface area contributed by atoms with E-state index in [9.17, 15) is 5.11 Å². The molecule has 3 heterocycles. The lowest BCUT2D eigenvalue weighted by molar-refractivity contribution is -0.898. The summed E-state index contributed by atoms with van der Waals surface area (Å²) in [5.74, 6) is 2.31. The number of benzene rings is 1. The zero-order valence-electron chi connectivity index (χ0n) is 16.9. The van der Waals surface area contributed by atoms with Crippen LogP contribution in [0.1, 0.15) is 43.1 Å². The van der Waals surface area contributed by atoms with Crippen molar-refractivity contribution in [2.75, 3.05) is 25.4 Å². The van der Waals surface area contributed by atoms with E-state index in [1.165, 1.54) is 0 Å². The van der Waals surface area contributed by atoms with E-state index in [2.05, 4.69) is 18.8 Å². The number of nitrogens with one attached hydrogen (secondary N) is 1. The molecule has 1 aliphatic heterocycles. The highest BCUT2D eigenvalue weighted by Gasteiger charge is 2.37. The van der Waals surface area contributed by atoms with Gasteiger partial charge in [0.05, 0.1) is 38.4 Å². The maximum absolute atomic E-state index is 9.88. The molecule has 4 rings (SSSR count). The molecule has 0 saturated carbocycles.